The number of hydrogen-bond donors (Lipinski definition) is 2. The lowest BCUT2D eigenvalue weighted by atomic mass is 10.2. The first-order valence-corrected chi connectivity index (χ1v) is 6.71. The van der Waals surface area contributed by atoms with Gasteiger partial charge in [-0.15, -0.1) is 0 Å². The summed E-state index contributed by atoms with van der Waals surface area (Å²) in [5.74, 6) is -1.59. The molecule has 0 unspecified atom stereocenters. The molecule has 0 aliphatic heterocycles. The summed E-state index contributed by atoms with van der Waals surface area (Å²) in [6.07, 6.45) is 0.273. The van der Waals surface area contributed by atoms with E-state index >= 15 is 0 Å². The van der Waals surface area contributed by atoms with Gasteiger partial charge in [-0.25, -0.2) is 8.78 Å². The van der Waals surface area contributed by atoms with Crippen molar-refractivity contribution in [2.24, 2.45) is 0 Å². The van der Waals surface area contributed by atoms with Gasteiger partial charge in [-0.2, -0.15) is 0 Å². The minimum absolute atomic E-state index is 0.0741. The summed E-state index contributed by atoms with van der Waals surface area (Å²) in [7, 11) is 0. The van der Waals surface area contributed by atoms with Gasteiger partial charge in [-0.05, 0) is 56.1 Å². The largest absolute Gasteiger partial charge is 0.507 e. The summed E-state index contributed by atoms with van der Waals surface area (Å²) in [5, 5.41) is 17.9. The Kier molecular flexibility index (Phi) is 6.09. The number of rotatable bonds is 1. The van der Waals surface area contributed by atoms with Gasteiger partial charge in [0.05, 0.1) is 14.5 Å². The van der Waals surface area contributed by atoms with Gasteiger partial charge in [0.15, 0.2) is 6.29 Å². The Morgan fingerprint density at radius 1 is 1.00 bits per heavy atom. The third kappa shape index (κ3) is 4.28. The standard InChI is InChI=1S/C7H4BrFO2.C6H4BrFO/c8-5-1-2-6(9)4(3-10)7(5)11;7-5-2-1-4(8)3-6(5)9/h1-3,11H;1-3,9H. The van der Waals surface area contributed by atoms with Gasteiger partial charge in [0.1, 0.15) is 23.1 Å². The maximum atomic E-state index is 12.6. The number of aromatic hydroxyl groups is 2. The van der Waals surface area contributed by atoms with Gasteiger partial charge in [0.2, 0.25) is 0 Å². The molecule has 0 heterocycles. The normalized spacial score (nSPS) is 9.60. The van der Waals surface area contributed by atoms with Crippen LogP contribution in [-0.4, -0.2) is 16.5 Å². The monoisotopic (exact) mass is 408 g/mol. The van der Waals surface area contributed by atoms with Crippen LogP contribution in [-0.2, 0) is 0 Å². The second-order valence-electron chi connectivity index (χ2n) is 3.51. The van der Waals surface area contributed by atoms with Crippen molar-refractivity contribution in [2.75, 3.05) is 0 Å². The lowest BCUT2D eigenvalue weighted by molar-refractivity contribution is 0.111. The molecular formula is C13H8Br2F2O3. The van der Waals surface area contributed by atoms with Crippen molar-refractivity contribution < 1.29 is 23.8 Å². The van der Waals surface area contributed by atoms with E-state index in [1.54, 1.807) is 0 Å². The molecule has 0 fully saturated rings. The van der Waals surface area contributed by atoms with Gasteiger partial charge in [0, 0.05) is 6.07 Å². The van der Waals surface area contributed by atoms with Crippen molar-refractivity contribution in [1.82, 2.24) is 0 Å². The number of halogens is 4. The fraction of sp³-hybridized carbons (Fsp3) is 0. The van der Waals surface area contributed by atoms with Gasteiger partial charge >= 0.3 is 0 Å². The average Bonchev–Trinajstić information content (AvgIpc) is 2.40. The SMILES string of the molecule is O=Cc1c(F)ccc(Br)c1O.Oc1cc(F)ccc1Br. The van der Waals surface area contributed by atoms with E-state index in [1.165, 1.54) is 18.2 Å². The number of aldehydes is 1. The fourth-order valence-corrected chi connectivity index (χ4v) is 1.75. The van der Waals surface area contributed by atoms with E-state index in [1.807, 2.05) is 0 Å². The highest BCUT2D eigenvalue weighted by Gasteiger charge is 2.09. The van der Waals surface area contributed by atoms with E-state index in [-0.39, 0.29) is 23.3 Å². The summed E-state index contributed by atoms with van der Waals surface area (Å²) in [4.78, 5) is 10.2. The molecule has 2 aromatic rings. The number of carbonyl (C=O) groups excluding carboxylic acids is 1. The van der Waals surface area contributed by atoms with E-state index in [4.69, 9.17) is 10.2 Å². The van der Waals surface area contributed by atoms with E-state index in [9.17, 15) is 13.6 Å². The van der Waals surface area contributed by atoms with Crippen LogP contribution in [0.1, 0.15) is 10.4 Å². The molecule has 2 N–H and O–H groups in total. The Labute approximate surface area is 130 Å². The molecule has 0 aliphatic carbocycles. The smallest absolute Gasteiger partial charge is 0.156 e. The van der Waals surface area contributed by atoms with Crippen LogP contribution < -0.4 is 0 Å². The molecule has 0 radical (unpaired) electrons. The van der Waals surface area contributed by atoms with E-state index in [0.29, 0.717) is 8.95 Å². The molecule has 0 saturated heterocycles. The molecule has 0 aliphatic rings. The van der Waals surface area contributed by atoms with Crippen LogP contribution in [0.3, 0.4) is 0 Å². The molecule has 0 aromatic heterocycles. The zero-order valence-electron chi connectivity index (χ0n) is 9.78. The Morgan fingerprint density at radius 2 is 1.60 bits per heavy atom. The Hall–Kier alpha value is -1.47. The summed E-state index contributed by atoms with van der Waals surface area (Å²) < 4.78 is 25.6. The van der Waals surface area contributed by atoms with Gasteiger partial charge < -0.3 is 10.2 Å². The summed E-state index contributed by atoms with van der Waals surface area (Å²) in [6.45, 7) is 0. The number of phenols is 2. The number of phenolic OH excluding ortho intramolecular Hbond substituents is 2. The first kappa shape index (κ1) is 16.6. The molecule has 2 aromatic carbocycles. The second kappa shape index (κ2) is 7.35. The highest BCUT2D eigenvalue weighted by atomic mass is 79.9. The molecule has 7 heteroatoms. The quantitative estimate of drug-likeness (QED) is 0.686. The highest BCUT2D eigenvalue weighted by molar-refractivity contribution is 9.10. The molecule has 20 heavy (non-hydrogen) atoms. The van der Waals surface area contributed by atoms with E-state index in [0.717, 1.165) is 12.1 Å². The highest BCUT2D eigenvalue weighted by Crippen LogP contribution is 2.28. The van der Waals surface area contributed by atoms with Crippen molar-refractivity contribution in [3.8, 4) is 11.5 Å². The van der Waals surface area contributed by atoms with E-state index in [2.05, 4.69) is 31.9 Å². The first-order chi connectivity index (χ1) is 9.36. The molecule has 0 amide bonds. The van der Waals surface area contributed by atoms with Crippen LogP contribution in [0, 0.1) is 11.6 Å². The van der Waals surface area contributed by atoms with Crippen molar-refractivity contribution in [2.45, 2.75) is 0 Å². The molecule has 2 rings (SSSR count). The zero-order chi connectivity index (χ0) is 15.3. The second-order valence-corrected chi connectivity index (χ2v) is 5.21. The summed E-state index contributed by atoms with van der Waals surface area (Å²) in [5.41, 5.74) is -0.320. The number of hydrogen-bond acceptors (Lipinski definition) is 3. The van der Waals surface area contributed by atoms with E-state index < -0.39 is 11.6 Å². The Morgan fingerprint density at radius 3 is 2.05 bits per heavy atom. The maximum absolute atomic E-state index is 12.6. The first-order valence-electron chi connectivity index (χ1n) is 5.13. The van der Waals surface area contributed by atoms with Crippen LogP contribution in [0.15, 0.2) is 39.3 Å². The molecule has 0 saturated carbocycles. The molecule has 0 bridgehead atoms. The Balaban J connectivity index is 0.000000204. The van der Waals surface area contributed by atoms with Gasteiger partial charge in [-0.1, -0.05) is 0 Å². The predicted octanol–water partition coefficient (Wildman–Crippen LogP) is 4.40. The molecule has 0 atom stereocenters. The van der Waals surface area contributed by atoms with Crippen molar-refractivity contribution in [3.63, 3.8) is 0 Å². The minimum atomic E-state index is -0.722. The molecule has 3 nitrogen and oxygen atoms in total. The van der Waals surface area contributed by atoms with Crippen molar-refractivity contribution in [1.29, 1.82) is 0 Å². The van der Waals surface area contributed by atoms with Crippen LogP contribution in [0.5, 0.6) is 11.5 Å². The van der Waals surface area contributed by atoms with Crippen molar-refractivity contribution in [3.05, 3.63) is 56.5 Å². The lowest BCUT2D eigenvalue weighted by Crippen LogP contribution is -1.88. The lowest BCUT2D eigenvalue weighted by Gasteiger charge is -1.99. The molecule has 0 spiro atoms. The predicted molar refractivity (Wildman–Crippen MR) is 76.9 cm³/mol. The van der Waals surface area contributed by atoms with Crippen LogP contribution in [0.2, 0.25) is 0 Å². The van der Waals surface area contributed by atoms with Gasteiger partial charge in [0.25, 0.3) is 0 Å². The van der Waals surface area contributed by atoms with Crippen LogP contribution in [0.25, 0.3) is 0 Å². The topological polar surface area (TPSA) is 57.5 Å². The van der Waals surface area contributed by atoms with Crippen LogP contribution in [0.4, 0.5) is 8.78 Å². The van der Waals surface area contributed by atoms with Crippen molar-refractivity contribution >= 4 is 38.1 Å². The van der Waals surface area contributed by atoms with Gasteiger partial charge in [-0.3, -0.25) is 4.79 Å². The fourth-order valence-electron chi connectivity index (χ4n) is 1.15. The minimum Gasteiger partial charge on any atom is -0.507 e. The summed E-state index contributed by atoms with van der Waals surface area (Å²) >= 11 is 5.96. The average molecular weight is 410 g/mol. The Bertz CT molecular complexity index is 633. The van der Waals surface area contributed by atoms with Crippen LogP contribution >= 0.6 is 31.9 Å². The third-order valence-corrected chi connectivity index (χ3v) is 3.45. The zero-order valence-corrected chi connectivity index (χ0v) is 13.0. The number of carbonyl (C=O) groups is 1. The molecular weight excluding hydrogens is 402 g/mol. The number of benzene rings is 2. The maximum Gasteiger partial charge on any atom is 0.156 e. The summed E-state index contributed by atoms with van der Waals surface area (Å²) in [6, 6.07) is 6.20. The molecule has 106 valence electrons. The third-order valence-electron chi connectivity index (χ3n) is 2.14.